The van der Waals surface area contributed by atoms with Crippen LogP contribution in [0.2, 0.25) is 5.15 Å². The number of alkyl halides is 1. The normalized spacial score (nSPS) is 15.5. The van der Waals surface area contributed by atoms with Crippen molar-refractivity contribution in [3.8, 4) is 11.3 Å². The monoisotopic (exact) mass is 475 g/mol. The number of anilines is 1. The minimum Gasteiger partial charge on any atom is -0.383 e. The Labute approximate surface area is 196 Å². The SMILES string of the molecule is COCCNC(=O)c1nc2c(NCC3(F)CCNCC3)nc(-c3ccnc(Cl)c3)cn2c1C. The molecule has 0 spiro atoms. The first kappa shape index (κ1) is 23.3. The first-order chi connectivity index (χ1) is 15.9. The van der Waals surface area contributed by atoms with Crippen molar-refractivity contribution in [1.82, 2.24) is 30.0 Å². The van der Waals surface area contributed by atoms with Gasteiger partial charge in [-0.05, 0) is 45.0 Å². The lowest BCUT2D eigenvalue weighted by Crippen LogP contribution is -2.43. The average molecular weight is 476 g/mol. The lowest BCUT2D eigenvalue weighted by Gasteiger charge is -2.30. The molecule has 1 fully saturated rings. The fourth-order valence-corrected chi connectivity index (χ4v) is 4.01. The van der Waals surface area contributed by atoms with Gasteiger partial charge in [0.2, 0.25) is 0 Å². The summed E-state index contributed by atoms with van der Waals surface area (Å²) in [6.07, 6.45) is 4.21. The van der Waals surface area contributed by atoms with E-state index in [2.05, 4.69) is 25.9 Å². The predicted molar refractivity (Wildman–Crippen MR) is 125 cm³/mol. The highest BCUT2D eigenvalue weighted by Crippen LogP contribution is 2.28. The first-order valence-electron chi connectivity index (χ1n) is 10.8. The van der Waals surface area contributed by atoms with Crippen LogP contribution in [0.25, 0.3) is 16.9 Å². The zero-order valence-corrected chi connectivity index (χ0v) is 19.4. The van der Waals surface area contributed by atoms with Gasteiger partial charge in [0.1, 0.15) is 16.5 Å². The molecule has 33 heavy (non-hydrogen) atoms. The van der Waals surface area contributed by atoms with Crippen molar-refractivity contribution in [2.24, 2.45) is 0 Å². The maximum Gasteiger partial charge on any atom is 0.271 e. The molecule has 3 aromatic rings. The Bertz CT molecular complexity index is 1150. The number of aryl methyl sites for hydroxylation is 1. The number of nitrogens with one attached hydrogen (secondary N) is 3. The highest BCUT2D eigenvalue weighted by atomic mass is 35.5. The molecule has 9 nitrogen and oxygen atoms in total. The summed E-state index contributed by atoms with van der Waals surface area (Å²) in [6, 6.07) is 3.49. The number of methoxy groups -OCH3 is 1. The van der Waals surface area contributed by atoms with Crippen molar-refractivity contribution >= 4 is 29.0 Å². The number of carbonyl (C=O) groups excluding carboxylic acids is 1. The standard InChI is InChI=1S/C22H27ClFN7O2/c1-14-18(21(32)27-9-10-33-2)30-20-19(28-13-22(24)4-7-25-8-5-22)29-16(12-31(14)20)15-3-6-26-17(23)11-15/h3,6,11-12,25H,4-5,7-10,13H2,1-2H3,(H,27,32)(H,28,29). The lowest BCUT2D eigenvalue weighted by atomic mass is 9.94. The van der Waals surface area contributed by atoms with Gasteiger partial charge in [-0.15, -0.1) is 0 Å². The second-order valence-electron chi connectivity index (χ2n) is 8.08. The van der Waals surface area contributed by atoms with Crippen molar-refractivity contribution in [3.05, 3.63) is 41.1 Å². The number of nitrogens with zero attached hydrogens (tertiary/aromatic N) is 4. The lowest BCUT2D eigenvalue weighted by molar-refractivity contribution is 0.0932. The minimum absolute atomic E-state index is 0.0964. The molecule has 4 rings (SSSR count). The molecule has 4 heterocycles. The van der Waals surface area contributed by atoms with Gasteiger partial charge in [0.25, 0.3) is 5.91 Å². The number of hydrogen-bond acceptors (Lipinski definition) is 7. The summed E-state index contributed by atoms with van der Waals surface area (Å²) < 4.78 is 22.0. The third-order valence-electron chi connectivity index (χ3n) is 5.75. The van der Waals surface area contributed by atoms with Gasteiger partial charge in [0, 0.05) is 31.6 Å². The van der Waals surface area contributed by atoms with Gasteiger partial charge in [0.15, 0.2) is 11.5 Å². The van der Waals surface area contributed by atoms with E-state index in [4.69, 9.17) is 21.3 Å². The third-order valence-corrected chi connectivity index (χ3v) is 5.95. The van der Waals surface area contributed by atoms with Crippen LogP contribution in [0.15, 0.2) is 24.5 Å². The van der Waals surface area contributed by atoms with Crippen LogP contribution in [0.4, 0.5) is 10.2 Å². The zero-order valence-electron chi connectivity index (χ0n) is 18.6. The number of ether oxygens (including phenoxy) is 1. The molecule has 0 bridgehead atoms. The van der Waals surface area contributed by atoms with Crippen LogP contribution in [-0.4, -0.2) is 70.8 Å². The van der Waals surface area contributed by atoms with Crippen molar-refractivity contribution < 1.29 is 13.9 Å². The molecule has 1 aliphatic heterocycles. The third kappa shape index (κ3) is 5.23. The van der Waals surface area contributed by atoms with E-state index in [0.29, 0.717) is 67.1 Å². The summed E-state index contributed by atoms with van der Waals surface area (Å²) in [5, 5.41) is 9.46. The second kappa shape index (κ2) is 9.98. The number of pyridine rings is 1. The molecule has 0 saturated carbocycles. The molecule has 3 N–H and O–H groups in total. The molecule has 0 radical (unpaired) electrons. The van der Waals surface area contributed by atoms with Crippen LogP contribution >= 0.6 is 11.6 Å². The van der Waals surface area contributed by atoms with E-state index in [1.807, 2.05) is 6.92 Å². The summed E-state index contributed by atoms with van der Waals surface area (Å²) in [7, 11) is 1.57. The number of hydrogen-bond donors (Lipinski definition) is 3. The molecular weight excluding hydrogens is 449 g/mol. The van der Waals surface area contributed by atoms with E-state index in [0.717, 1.165) is 5.56 Å². The fourth-order valence-electron chi connectivity index (χ4n) is 3.84. The number of imidazole rings is 1. The van der Waals surface area contributed by atoms with E-state index in [-0.39, 0.29) is 18.1 Å². The number of piperidine rings is 1. The van der Waals surface area contributed by atoms with Crippen LogP contribution in [0.3, 0.4) is 0 Å². The molecule has 1 saturated heterocycles. The van der Waals surface area contributed by atoms with E-state index >= 15 is 4.39 Å². The quantitative estimate of drug-likeness (QED) is 0.339. The summed E-state index contributed by atoms with van der Waals surface area (Å²) in [6.45, 7) is 3.93. The van der Waals surface area contributed by atoms with Gasteiger partial charge >= 0.3 is 0 Å². The van der Waals surface area contributed by atoms with Crippen LogP contribution in [-0.2, 0) is 4.74 Å². The van der Waals surface area contributed by atoms with E-state index < -0.39 is 5.67 Å². The topological polar surface area (TPSA) is 105 Å². The Morgan fingerprint density at radius 2 is 2.15 bits per heavy atom. The smallest absolute Gasteiger partial charge is 0.271 e. The summed E-state index contributed by atoms with van der Waals surface area (Å²) in [5.41, 5.74) is 1.37. The van der Waals surface area contributed by atoms with Gasteiger partial charge in [-0.2, -0.15) is 0 Å². The minimum atomic E-state index is -1.35. The van der Waals surface area contributed by atoms with Gasteiger partial charge < -0.3 is 20.7 Å². The van der Waals surface area contributed by atoms with Gasteiger partial charge in [-0.3, -0.25) is 9.20 Å². The molecule has 0 aliphatic carbocycles. The maximum atomic E-state index is 15.3. The molecule has 3 aromatic heterocycles. The Hall–Kier alpha value is -2.82. The zero-order chi connectivity index (χ0) is 23.4. The van der Waals surface area contributed by atoms with Crippen LogP contribution in [0.1, 0.15) is 29.0 Å². The van der Waals surface area contributed by atoms with E-state index in [9.17, 15) is 4.79 Å². The molecule has 1 aliphatic rings. The van der Waals surface area contributed by atoms with Gasteiger partial charge in [-0.25, -0.2) is 19.3 Å². The van der Waals surface area contributed by atoms with Crippen LogP contribution < -0.4 is 16.0 Å². The summed E-state index contributed by atoms with van der Waals surface area (Å²) in [4.78, 5) is 26.0. The van der Waals surface area contributed by atoms with Gasteiger partial charge in [0.05, 0.1) is 24.5 Å². The number of fused-ring (bicyclic) bond motifs is 1. The van der Waals surface area contributed by atoms with Crippen molar-refractivity contribution in [2.75, 3.05) is 45.2 Å². The van der Waals surface area contributed by atoms with Crippen LogP contribution in [0, 0.1) is 6.92 Å². The number of amides is 1. The maximum absolute atomic E-state index is 15.3. The van der Waals surface area contributed by atoms with Crippen molar-refractivity contribution in [1.29, 1.82) is 0 Å². The highest BCUT2D eigenvalue weighted by molar-refractivity contribution is 6.29. The molecule has 0 atom stereocenters. The number of aromatic nitrogens is 4. The largest absolute Gasteiger partial charge is 0.383 e. The first-order valence-corrected chi connectivity index (χ1v) is 11.2. The second-order valence-corrected chi connectivity index (χ2v) is 8.47. The molecule has 176 valence electrons. The summed E-state index contributed by atoms with van der Waals surface area (Å²) >= 11 is 6.08. The molecular formula is C22H27ClFN7O2. The number of rotatable bonds is 8. The van der Waals surface area contributed by atoms with E-state index in [1.54, 1.807) is 36.0 Å². The Kier molecular flexibility index (Phi) is 7.06. The predicted octanol–water partition coefficient (Wildman–Crippen LogP) is 2.63. The molecule has 1 amide bonds. The Morgan fingerprint density at radius 3 is 2.88 bits per heavy atom. The average Bonchev–Trinajstić information content (AvgIpc) is 3.15. The summed E-state index contributed by atoms with van der Waals surface area (Å²) in [5.74, 6) is 0.0862. The van der Waals surface area contributed by atoms with Crippen LogP contribution in [0.5, 0.6) is 0 Å². The number of carbonyl (C=O) groups is 1. The molecule has 0 aromatic carbocycles. The number of halogens is 2. The highest BCUT2D eigenvalue weighted by Gasteiger charge is 2.32. The Balaban J connectivity index is 1.73. The molecule has 11 heteroatoms. The van der Waals surface area contributed by atoms with E-state index in [1.165, 1.54) is 0 Å². The van der Waals surface area contributed by atoms with Crippen molar-refractivity contribution in [3.63, 3.8) is 0 Å². The van der Waals surface area contributed by atoms with Crippen molar-refractivity contribution in [2.45, 2.75) is 25.4 Å². The molecule has 0 unspecified atom stereocenters. The Morgan fingerprint density at radius 1 is 1.36 bits per heavy atom. The van der Waals surface area contributed by atoms with Gasteiger partial charge in [-0.1, -0.05) is 11.6 Å². The fraction of sp³-hybridized carbons (Fsp3) is 0.455.